The highest BCUT2D eigenvalue weighted by Gasteiger charge is 2.58. The molecule has 30 heavy (non-hydrogen) atoms. The van der Waals surface area contributed by atoms with E-state index >= 15 is 0 Å². The number of allylic oxidation sites excluding steroid dienone is 2. The zero-order valence-electron chi connectivity index (χ0n) is 20.3. The molecular weight excluding hydrogens is 368 g/mol. The van der Waals surface area contributed by atoms with E-state index in [1.165, 1.54) is 38.5 Å². The lowest BCUT2D eigenvalue weighted by atomic mass is 9.47. The molecule has 4 aliphatic carbocycles. The molecule has 0 unspecified atom stereocenters. The number of hydrogen-bond donors (Lipinski definition) is 2. The van der Waals surface area contributed by atoms with Crippen LogP contribution in [0.3, 0.4) is 0 Å². The molecule has 170 valence electrons. The molecule has 0 aromatic carbocycles. The molecule has 0 aromatic heterocycles. The largest absolute Gasteiger partial charge is 0.393 e. The van der Waals surface area contributed by atoms with E-state index in [9.17, 15) is 10.2 Å². The first-order valence-corrected chi connectivity index (χ1v) is 12.7. The van der Waals surface area contributed by atoms with Crippen molar-refractivity contribution in [3.05, 3.63) is 23.8 Å². The van der Waals surface area contributed by atoms with Crippen LogP contribution >= 0.6 is 0 Å². The Morgan fingerprint density at radius 2 is 1.77 bits per heavy atom. The van der Waals surface area contributed by atoms with Crippen LogP contribution < -0.4 is 0 Å². The molecule has 3 saturated carbocycles. The molecular formula is C28H46O2. The van der Waals surface area contributed by atoms with Crippen LogP contribution in [0.25, 0.3) is 0 Å². The van der Waals surface area contributed by atoms with Crippen LogP contribution in [0.4, 0.5) is 0 Å². The van der Waals surface area contributed by atoms with Gasteiger partial charge in [-0.2, -0.15) is 0 Å². The maximum atomic E-state index is 10.3. The van der Waals surface area contributed by atoms with Crippen molar-refractivity contribution in [1.82, 2.24) is 0 Å². The average molecular weight is 415 g/mol. The molecule has 9 atom stereocenters. The van der Waals surface area contributed by atoms with Gasteiger partial charge in [-0.05, 0) is 106 Å². The summed E-state index contributed by atoms with van der Waals surface area (Å²) in [4.78, 5) is 0. The third kappa shape index (κ3) is 3.64. The van der Waals surface area contributed by atoms with Gasteiger partial charge in [-0.3, -0.25) is 0 Å². The first kappa shape index (κ1) is 22.6. The monoisotopic (exact) mass is 414 g/mol. The molecule has 4 aliphatic rings. The molecule has 0 bridgehead atoms. The van der Waals surface area contributed by atoms with E-state index in [-0.39, 0.29) is 12.0 Å². The van der Waals surface area contributed by atoms with Gasteiger partial charge in [0.25, 0.3) is 0 Å². The smallest absolute Gasteiger partial charge is 0.0651 e. The van der Waals surface area contributed by atoms with Crippen molar-refractivity contribution in [2.24, 2.45) is 46.3 Å². The van der Waals surface area contributed by atoms with Gasteiger partial charge in [0.1, 0.15) is 0 Å². The Morgan fingerprint density at radius 3 is 2.47 bits per heavy atom. The lowest BCUT2D eigenvalue weighted by Crippen LogP contribution is -2.50. The van der Waals surface area contributed by atoms with Gasteiger partial charge in [0, 0.05) is 5.92 Å². The van der Waals surface area contributed by atoms with Crippen LogP contribution in [0.15, 0.2) is 23.8 Å². The van der Waals surface area contributed by atoms with Gasteiger partial charge >= 0.3 is 0 Å². The van der Waals surface area contributed by atoms with Crippen molar-refractivity contribution < 1.29 is 10.2 Å². The maximum Gasteiger partial charge on any atom is 0.0651 e. The fraction of sp³-hybridized carbons (Fsp3) is 0.857. The third-order valence-electron chi connectivity index (χ3n) is 10.6. The second-order valence-electron chi connectivity index (χ2n) is 12.6. The minimum absolute atomic E-state index is 0.107. The molecule has 0 saturated heterocycles. The summed E-state index contributed by atoms with van der Waals surface area (Å²) in [5, 5.41) is 20.5. The minimum Gasteiger partial charge on any atom is -0.393 e. The number of aliphatic hydroxyl groups excluding tert-OH is 1. The Bertz CT molecular complexity index is 700. The van der Waals surface area contributed by atoms with Gasteiger partial charge < -0.3 is 10.2 Å². The number of aliphatic hydroxyl groups is 2. The van der Waals surface area contributed by atoms with Gasteiger partial charge in [0.2, 0.25) is 0 Å². The maximum absolute atomic E-state index is 10.3. The van der Waals surface area contributed by atoms with Crippen LogP contribution in [-0.2, 0) is 0 Å². The summed E-state index contributed by atoms with van der Waals surface area (Å²) < 4.78 is 0. The standard InChI is InChI=1S/C28H46O2/c1-18(7-8-19(2)26(3,4)30)23-11-12-24-22-10-9-20-17-21(29)13-15-27(20,5)25(22)14-16-28(23,24)6/h7-9,18-19,21-25,29-30H,10-17H2,1-6H3/b8-7+/t18-,19-,21-,22-,23+,24-,25-,27-,28+/m0/s1. The summed E-state index contributed by atoms with van der Waals surface area (Å²) >= 11 is 0. The van der Waals surface area contributed by atoms with Crippen molar-refractivity contribution in [2.45, 2.75) is 105 Å². The number of fused-ring (bicyclic) bond motifs is 5. The first-order valence-electron chi connectivity index (χ1n) is 12.7. The van der Waals surface area contributed by atoms with E-state index in [0.717, 1.165) is 36.5 Å². The molecule has 2 N–H and O–H groups in total. The van der Waals surface area contributed by atoms with Gasteiger partial charge in [0.15, 0.2) is 0 Å². The Morgan fingerprint density at radius 1 is 1.03 bits per heavy atom. The fourth-order valence-corrected chi connectivity index (χ4v) is 8.26. The van der Waals surface area contributed by atoms with E-state index in [1.807, 2.05) is 13.8 Å². The van der Waals surface area contributed by atoms with E-state index < -0.39 is 5.60 Å². The van der Waals surface area contributed by atoms with Crippen LogP contribution in [0, 0.1) is 46.3 Å². The predicted molar refractivity (Wildman–Crippen MR) is 125 cm³/mol. The van der Waals surface area contributed by atoms with Gasteiger partial charge in [-0.25, -0.2) is 0 Å². The predicted octanol–water partition coefficient (Wildman–Crippen LogP) is 6.53. The van der Waals surface area contributed by atoms with Crippen LogP contribution in [0.5, 0.6) is 0 Å². The van der Waals surface area contributed by atoms with Crippen molar-refractivity contribution in [2.75, 3.05) is 0 Å². The third-order valence-corrected chi connectivity index (χ3v) is 10.6. The lowest BCUT2D eigenvalue weighted by molar-refractivity contribution is -0.0541. The Kier molecular flexibility index (Phi) is 5.85. The summed E-state index contributed by atoms with van der Waals surface area (Å²) in [5.74, 6) is 4.04. The van der Waals surface area contributed by atoms with E-state index in [4.69, 9.17) is 0 Å². The molecule has 2 heteroatoms. The van der Waals surface area contributed by atoms with Gasteiger partial charge in [-0.15, -0.1) is 0 Å². The normalized spacial score (nSPS) is 46.0. The summed E-state index contributed by atoms with van der Waals surface area (Å²) in [6, 6.07) is 0. The highest BCUT2D eigenvalue weighted by Crippen LogP contribution is 2.67. The van der Waals surface area contributed by atoms with Crippen LogP contribution in [0.2, 0.25) is 0 Å². The highest BCUT2D eigenvalue weighted by atomic mass is 16.3. The van der Waals surface area contributed by atoms with Gasteiger partial charge in [0.05, 0.1) is 11.7 Å². The van der Waals surface area contributed by atoms with Crippen molar-refractivity contribution in [3.63, 3.8) is 0 Å². The van der Waals surface area contributed by atoms with Crippen molar-refractivity contribution >= 4 is 0 Å². The lowest BCUT2D eigenvalue weighted by Gasteiger charge is -2.58. The molecule has 4 rings (SSSR count). The van der Waals surface area contributed by atoms with Crippen LogP contribution in [-0.4, -0.2) is 21.9 Å². The second kappa shape index (κ2) is 7.77. The van der Waals surface area contributed by atoms with Crippen LogP contribution in [0.1, 0.15) is 92.9 Å². The quantitative estimate of drug-likeness (QED) is 0.514. The van der Waals surface area contributed by atoms with Crippen molar-refractivity contribution in [1.29, 1.82) is 0 Å². The fourth-order valence-electron chi connectivity index (χ4n) is 8.26. The second-order valence-corrected chi connectivity index (χ2v) is 12.6. The summed E-state index contributed by atoms with van der Waals surface area (Å²) in [6.45, 7) is 13.5. The number of hydrogen-bond acceptors (Lipinski definition) is 2. The molecule has 0 aliphatic heterocycles. The Hall–Kier alpha value is -0.600. The van der Waals surface area contributed by atoms with Crippen molar-refractivity contribution in [3.8, 4) is 0 Å². The van der Waals surface area contributed by atoms with E-state index in [0.29, 0.717) is 16.7 Å². The zero-order valence-corrected chi connectivity index (χ0v) is 20.3. The summed E-state index contributed by atoms with van der Waals surface area (Å²) in [6.07, 6.45) is 16.9. The average Bonchev–Trinajstić information content (AvgIpc) is 3.03. The minimum atomic E-state index is -0.647. The molecule has 3 fully saturated rings. The molecule has 0 spiro atoms. The molecule has 0 aromatic rings. The summed E-state index contributed by atoms with van der Waals surface area (Å²) in [7, 11) is 0. The summed E-state index contributed by atoms with van der Waals surface area (Å²) in [5.41, 5.74) is 1.73. The number of rotatable bonds is 4. The topological polar surface area (TPSA) is 40.5 Å². The SMILES string of the molecule is C[C@@H](/C=C/[C@H](C)C(C)(C)O)[C@H]1CC[C@H]2[C@@H]3CC=C4C[C@@H](O)CC[C@]4(C)[C@H]3CC[C@]12C. The first-order chi connectivity index (χ1) is 14.0. The Balaban J connectivity index is 1.52. The van der Waals surface area contributed by atoms with Gasteiger partial charge in [-0.1, -0.05) is 51.5 Å². The highest BCUT2D eigenvalue weighted by molar-refractivity contribution is 5.25. The molecule has 0 radical (unpaired) electrons. The van der Waals surface area contributed by atoms with E-state index in [2.05, 4.69) is 45.9 Å². The van der Waals surface area contributed by atoms with E-state index in [1.54, 1.807) is 5.57 Å². The zero-order chi connectivity index (χ0) is 21.9. The molecule has 0 amide bonds. The molecule has 0 heterocycles. The Labute approximate surface area is 185 Å². The molecule has 2 nitrogen and oxygen atoms in total.